The van der Waals surface area contributed by atoms with Crippen LogP contribution in [0.4, 0.5) is 25.0 Å². The van der Waals surface area contributed by atoms with Gasteiger partial charge in [0.05, 0.1) is 46.2 Å². The van der Waals surface area contributed by atoms with Gasteiger partial charge < -0.3 is 44.4 Å². The molecule has 0 aliphatic carbocycles. The van der Waals surface area contributed by atoms with Crippen LogP contribution in [-0.4, -0.2) is 113 Å². The maximum absolute atomic E-state index is 16.4. The number of fused-ring (bicyclic) bond motifs is 5. The molecule has 2 atom stereocenters. The summed E-state index contributed by atoms with van der Waals surface area (Å²) in [5.74, 6) is -4.16. The number of H-pyrrole nitrogens is 1. The molecule has 3 amide bonds. The van der Waals surface area contributed by atoms with Gasteiger partial charge in [0.2, 0.25) is 17.2 Å². The number of hydrogen-bond donors (Lipinski definition) is 3. The molecule has 16 nitrogen and oxygen atoms in total. The summed E-state index contributed by atoms with van der Waals surface area (Å²) in [7, 11) is 5.07. The highest BCUT2D eigenvalue weighted by atomic mass is 19.2. The van der Waals surface area contributed by atoms with E-state index in [1.54, 1.807) is 57.8 Å². The molecule has 6 heterocycles. The number of pyridine rings is 3. The molecule has 0 radical (unpaired) electrons. The van der Waals surface area contributed by atoms with Crippen molar-refractivity contribution in [2.24, 2.45) is 13.0 Å². The molecule has 0 bridgehead atoms. The second-order valence-electron chi connectivity index (χ2n) is 15.7. The molecular weight excluding hydrogens is 756 g/mol. The van der Waals surface area contributed by atoms with E-state index in [4.69, 9.17) is 9.47 Å². The zero-order chi connectivity index (χ0) is 41.8. The number of carbonyl (C=O) groups excluding carboxylic acids is 4. The number of aryl methyl sites for hydroxylation is 1. The van der Waals surface area contributed by atoms with Gasteiger partial charge in [0, 0.05) is 75.6 Å². The molecule has 0 saturated carbocycles. The van der Waals surface area contributed by atoms with Gasteiger partial charge in [-0.3, -0.25) is 14.4 Å². The zero-order valence-electron chi connectivity index (χ0n) is 33.3. The second kappa shape index (κ2) is 15.3. The lowest BCUT2D eigenvalue weighted by Crippen LogP contribution is -2.43. The lowest BCUT2D eigenvalue weighted by atomic mass is 9.99. The Bertz CT molecular complexity index is 2570. The van der Waals surface area contributed by atoms with Crippen molar-refractivity contribution in [3.8, 4) is 11.1 Å². The molecule has 2 fully saturated rings. The first-order valence-electron chi connectivity index (χ1n) is 18.9. The number of rotatable bonds is 9. The van der Waals surface area contributed by atoms with Gasteiger partial charge in [-0.05, 0) is 53.1 Å². The summed E-state index contributed by atoms with van der Waals surface area (Å²) in [6.45, 7) is 7.95. The maximum Gasteiger partial charge on any atom is 0.408 e. The van der Waals surface area contributed by atoms with Gasteiger partial charge in [-0.1, -0.05) is 0 Å². The summed E-state index contributed by atoms with van der Waals surface area (Å²) in [6, 6.07) is 2.54. The number of aromatic nitrogens is 4. The monoisotopic (exact) mass is 801 g/mol. The SMILES string of the molecule is CCOC(=O)c1cn(C)c2ncc(-c3cnc4[nH]c5c(N(C)C(=O)CNC(=O)CNC(=O)OC(C)(C)C)cc(F)c(F)c5c4c3N3CCC4CN(C)CC43)cc2c1=O. The summed E-state index contributed by atoms with van der Waals surface area (Å²) in [4.78, 5) is 82.3. The Morgan fingerprint density at radius 1 is 1.03 bits per heavy atom. The number of likely N-dealkylation sites (tertiary alicyclic amines) is 1. The fourth-order valence-electron chi connectivity index (χ4n) is 7.97. The second-order valence-corrected chi connectivity index (χ2v) is 15.7. The number of amides is 3. The molecule has 7 rings (SSSR count). The highest BCUT2D eigenvalue weighted by Crippen LogP contribution is 2.47. The van der Waals surface area contributed by atoms with Gasteiger partial charge in [-0.15, -0.1) is 0 Å². The molecule has 0 spiro atoms. The van der Waals surface area contributed by atoms with Gasteiger partial charge in [-0.25, -0.2) is 28.3 Å². The number of alkyl carbamates (subject to hydrolysis) is 1. The number of esters is 1. The highest BCUT2D eigenvalue weighted by Gasteiger charge is 2.42. The van der Waals surface area contributed by atoms with Crippen molar-refractivity contribution in [3.63, 3.8) is 0 Å². The molecule has 2 aliphatic heterocycles. The maximum atomic E-state index is 16.4. The van der Waals surface area contributed by atoms with Crippen LogP contribution < -0.4 is 25.9 Å². The number of nitrogens with zero attached hydrogens (tertiary/aromatic N) is 6. The molecule has 2 saturated heterocycles. The van der Waals surface area contributed by atoms with Crippen LogP contribution in [0.1, 0.15) is 44.5 Å². The van der Waals surface area contributed by atoms with Crippen molar-refractivity contribution in [1.82, 2.24) is 35.1 Å². The topological polar surface area (TPSA) is 184 Å². The number of ether oxygens (including phenoxy) is 2. The third-order valence-electron chi connectivity index (χ3n) is 10.5. The Labute approximate surface area is 331 Å². The summed E-state index contributed by atoms with van der Waals surface area (Å²) >= 11 is 0. The molecule has 58 heavy (non-hydrogen) atoms. The number of halogens is 2. The largest absolute Gasteiger partial charge is 0.462 e. The van der Waals surface area contributed by atoms with E-state index in [2.05, 4.69) is 35.4 Å². The van der Waals surface area contributed by atoms with Gasteiger partial charge in [0.25, 0.3) is 0 Å². The quantitative estimate of drug-likeness (QED) is 0.184. The van der Waals surface area contributed by atoms with Crippen LogP contribution in [0.15, 0.2) is 35.5 Å². The molecule has 3 N–H and O–H groups in total. The van der Waals surface area contributed by atoms with E-state index < -0.39 is 59.6 Å². The Morgan fingerprint density at radius 3 is 2.52 bits per heavy atom. The molecule has 306 valence electrons. The third kappa shape index (κ3) is 7.39. The summed E-state index contributed by atoms with van der Waals surface area (Å²) in [5.41, 5.74) is 0.651. The normalized spacial score (nSPS) is 16.9. The van der Waals surface area contributed by atoms with Crippen LogP contribution in [-0.2, 0) is 26.1 Å². The summed E-state index contributed by atoms with van der Waals surface area (Å²) in [5, 5.41) is 5.04. The van der Waals surface area contributed by atoms with Crippen molar-refractivity contribution in [2.75, 3.05) is 63.2 Å². The smallest absolute Gasteiger partial charge is 0.408 e. The van der Waals surface area contributed by atoms with Crippen molar-refractivity contribution < 1.29 is 37.4 Å². The van der Waals surface area contributed by atoms with Gasteiger partial charge in [0.15, 0.2) is 11.6 Å². The summed E-state index contributed by atoms with van der Waals surface area (Å²) < 4.78 is 44.0. The first-order chi connectivity index (χ1) is 27.5. The fourth-order valence-corrected chi connectivity index (χ4v) is 7.97. The molecule has 5 aromatic rings. The Morgan fingerprint density at radius 2 is 1.79 bits per heavy atom. The van der Waals surface area contributed by atoms with Crippen LogP contribution in [0, 0.1) is 17.6 Å². The number of likely N-dealkylation sites (N-methyl/N-ethyl adjacent to an activating group) is 2. The Balaban J connectivity index is 1.33. The molecule has 1 aromatic carbocycles. The fraction of sp³-hybridized carbons (Fsp3) is 0.425. The first-order valence-corrected chi connectivity index (χ1v) is 18.9. The first kappa shape index (κ1) is 40.0. The average molecular weight is 802 g/mol. The van der Waals surface area contributed by atoms with E-state index in [1.807, 2.05) is 7.05 Å². The van der Waals surface area contributed by atoms with Gasteiger partial charge in [0.1, 0.15) is 29.0 Å². The van der Waals surface area contributed by atoms with Crippen LogP contribution in [0.2, 0.25) is 0 Å². The predicted molar refractivity (Wildman–Crippen MR) is 213 cm³/mol. The number of anilines is 2. The number of aromatic amines is 1. The average Bonchev–Trinajstić information content (AvgIpc) is 3.86. The number of nitrogens with one attached hydrogen (secondary N) is 3. The van der Waals surface area contributed by atoms with E-state index >= 15 is 8.78 Å². The van der Waals surface area contributed by atoms with E-state index in [0.717, 1.165) is 23.9 Å². The van der Waals surface area contributed by atoms with Gasteiger partial charge >= 0.3 is 12.1 Å². The standard InChI is InChI=1S/C40H45F2N9O7/c1-8-57-38(55)24-18-49(6)37-22(35(24)54)11-21(13-45-37)23-14-44-36-31(34(23)51-10-9-20-17-48(5)19-27(20)51)30-32(42)25(41)12-26(33(30)47-36)50(7)29(53)16-43-28(52)15-46-39(56)58-40(2,3)4/h11-14,18,20,27H,8-10,15-17,19H2,1-7H3,(H,43,52)(H,44,47)(H,46,56). The van der Waals surface area contributed by atoms with Crippen LogP contribution in [0.5, 0.6) is 0 Å². The lowest BCUT2D eigenvalue weighted by Gasteiger charge is -2.29. The molecule has 18 heteroatoms. The van der Waals surface area contributed by atoms with Crippen molar-refractivity contribution in [1.29, 1.82) is 0 Å². The minimum atomic E-state index is -1.22. The van der Waals surface area contributed by atoms with E-state index in [1.165, 1.54) is 13.2 Å². The minimum absolute atomic E-state index is 0.00668. The predicted octanol–water partition coefficient (Wildman–Crippen LogP) is 3.83. The number of benzene rings is 1. The van der Waals surface area contributed by atoms with Crippen molar-refractivity contribution in [3.05, 3.63) is 58.1 Å². The molecule has 2 aliphatic rings. The van der Waals surface area contributed by atoms with E-state index in [-0.39, 0.29) is 51.2 Å². The number of hydrogen-bond acceptors (Lipinski definition) is 11. The number of carbonyl (C=O) groups is 4. The lowest BCUT2D eigenvalue weighted by molar-refractivity contribution is -0.124. The molecule has 2 unspecified atom stereocenters. The van der Waals surface area contributed by atoms with Crippen LogP contribution >= 0.6 is 0 Å². The highest BCUT2D eigenvalue weighted by molar-refractivity contribution is 6.19. The van der Waals surface area contributed by atoms with Crippen LogP contribution in [0.25, 0.3) is 44.1 Å². The Hall–Kier alpha value is -6.17. The minimum Gasteiger partial charge on any atom is -0.462 e. The van der Waals surface area contributed by atoms with Crippen LogP contribution in [0.3, 0.4) is 0 Å². The van der Waals surface area contributed by atoms with E-state index in [9.17, 15) is 24.0 Å². The van der Waals surface area contributed by atoms with Crippen molar-refractivity contribution in [2.45, 2.75) is 45.8 Å². The third-order valence-corrected chi connectivity index (χ3v) is 10.5. The molecule has 4 aromatic heterocycles. The van der Waals surface area contributed by atoms with Crippen molar-refractivity contribution >= 4 is 68.2 Å². The van der Waals surface area contributed by atoms with Gasteiger partial charge in [-0.2, -0.15) is 0 Å². The Kier molecular flexibility index (Phi) is 10.6. The zero-order valence-corrected chi connectivity index (χ0v) is 33.3. The van der Waals surface area contributed by atoms with E-state index in [0.29, 0.717) is 41.5 Å². The molecular formula is C40H45F2N9O7. The summed E-state index contributed by atoms with van der Waals surface area (Å²) in [6.07, 6.45) is 4.59.